The van der Waals surface area contributed by atoms with Gasteiger partial charge in [0.15, 0.2) is 9.84 Å². The van der Waals surface area contributed by atoms with Gasteiger partial charge in [0.25, 0.3) is 0 Å². The van der Waals surface area contributed by atoms with Crippen molar-refractivity contribution >= 4 is 43.9 Å². The molecule has 0 aliphatic carbocycles. The van der Waals surface area contributed by atoms with Gasteiger partial charge in [-0.05, 0) is 29.8 Å². The van der Waals surface area contributed by atoms with Crippen LogP contribution in [0, 0.1) is 11.6 Å². The first-order valence-electron chi connectivity index (χ1n) is 9.53. The number of anilines is 1. The van der Waals surface area contributed by atoms with E-state index in [4.69, 9.17) is 11.6 Å². The fourth-order valence-corrected chi connectivity index (χ4v) is 5.32. The van der Waals surface area contributed by atoms with Crippen LogP contribution in [0.5, 0.6) is 0 Å². The van der Waals surface area contributed by atoms with Crippen LogP contribution in [-0.2, 0) is 26.9 Å². The van der Waals surface area contributed by atoms with E-state index in [2.05, 4.69) is 5.32 Å². The van der Waals surface area contributed by atoms with Gasteiger partial charge in [0.2, 0.25) is 5.91 Å². The normalized spacial score (nSPS) is 11.6. The number of hydrogen-bond donors (Lipinski definition) is 1. The molecule has 32 heavy (non-hydrogen) atoms. The van der Waals surface area contributed by atoms with E-state index in [1.807, 2.05) is 0 Å². The molecule has 1 heterocycles. The third kappa shape index (κ3) is 4.51. The highest BCUT2D eigenvalue weighted by atomic mass is 35.5. The van der Waals surface area contributed by atoms with Crippen molar-refractivity contribution in [3.05, 3.63) is 95.1 Å². The second kappa shape index (κ2) is 8.72. The summed E-state index contributed by atoms with van der Waals surface area (Å²) in [6, 6.07) is 16.3. The van der Waals surface area contributed by atoms with E-state index in [0.717, 1.165) is 12.1 Å². The van der Waals surface area contributed by atoms with Gasteiger partial charge in [0.05, 0.1) is 16.3 Å². The molecule has 9 heteroatoms. The maximum absolute atomic E-state index is 13.9. The molecular formula is C23H17ClF2N2O3S. The Bertz CT molecular complexity index is 1430. The van der Waals surface area contributed by atoms with Crippen molar-refractivity contribution in [2.75, 3.05) is 5.32 Å². The quantitative estimate of drug-likeness (QED) is 0.418. The second-order valence-electron chi connectivity index (χ2n) is 7.16. The van der Waals surface area contributed by atoms with E-state index in [0.29, 0.717) is 27.6 Å². The van der Waals surface area contributed by atoms with Crippen molar-refractivity contribution in [2.45, 2.75) is 17.2 Å². The number of aromatic nitrogens is 1. The highest BCUT2D eigenvalue weighted by Gasteiger charge is 2.23. The molecule has 0 saturated heterocycles. The van der Waals surface area contributed by atoms with Crippen molar-refractivity contribution in [3.8, 4) is 0 Å². The fourth-order valence-electron chi connectivity index (χ4n) is 3.42. The van der Waals surface area contributed by atoms with Gasteiger partial charge in [0.1, 0.15) is 18.2 Å². The first kappa shape index (κ1) is 22.0. The molecular weight excluding hydrogens is 458 g/mol. The summed E-state index contributed by atoms with van der Waals surface area (Å²) >= 11 is 6.13. The Kier molecular flexibility index (Phi) is 5.99. The number of hydrogen-bond acceptors (Lipinski definition) is 3. The van der Waals surface area contributed by atoms with E-state index in [-0.39, 0.29) is 22.9 Å². The molecule has 0 aliphatic rings. The molecule has 4 aromatic rings. The number of sulfone groups is 1. The number of halogens is 3. The predicted molar refractivity (Wildman–Crippen MR) is 119 cm³/mol. The monoisotopic (exact) mass is 474 g/mol. The third-order valence-corrected chi connectivity index (χ3v) is 6.96. The second-order valence-corrected chi connectivity index (χ2v) is 9.53. The highest BCUT2D eigenvalue weighted by molar-refractivity contribution is 7.90. The molecule has 4 rings (SSSR count). The number of nitrogens with one attached hydrogen (secondary N) is 1. The molecule has 0 unspecified atom stereocenters. The van der Waals surface area contributed by atoms with Gasteiger partial charge in [-0.1, -0.05) is 48.0 Å². The Morgan fingerprint density at radius 2 is 1.72 bits per heavy atom. The Morgan fingerprint density at radius 1 is 1.00 bits per heavy atom. The SMILES string of the molecule is O=C(Cn1cc(S(=O)(=O)Cc2ccccc2Cl)c2ccccc21)Nc1ccc(F)cc1F. The lowest BCUT2D eigenvalue weighted by Gasteiger charge is -2.08. The zero-order valence-electron chi connectivity index (χ0n) is 16.6. The number of nitrogens with zero attached hydrogens (tertiary/aromatic N) is 1. The molecule has 0 atom stereocenters. The average molecular weight is 475 g/mol. The molecule has 0 saturated carbocycles. The predicted octanol–water partition coefficient (Wildman–Crippen LogP) is 5.19. The van der Waals surface area contributed by atoms with E-state index in [1.165, 1.54) is 10.8 Å². The number of carbonyl (C=O) groups excluding carboxylic acids is 1. The zero-order valence-corrected chi connectivity index (χ0v) is 18.1. The largest absolute Gasteiger partial charge is 0.337 e. The molecule has 1 aromatic heterocycles. The van der Waals surface area contributed by atoms with Gasteiger partial charge in [-0.15, -0.1) is 0 Å². The van der Waals surface area contributed by atoms with Crippen LogP contribution >= 0.6 is 11.6 Å². The summed E-state index contributed by atoms with van der Waals surface area (Å²) in [5.74, 6) is -2.55. The van der Waals surface area contributed by atoms with Gasteiger partial charge in [-0.2, -0.15) is 0 Å². The van der Waals surface area contributed by atoms with Crippen molar-refractivity contribution in [1.82, 2.24) is 4.57 Å². The summed E-state index contributed by atoms with van der Waals surface area (Å²) in [7, 11) is -3.79. The van der Waals surface area contributed by atoms with Crippen LogP contribution in [0.15, 0.2) is 77.8 Å². The summed E-state index contributed by atoms with van der Waals surface area (Å²) < 4.78 is 54.8. The van der Waals surface area contributed by atoms with Crippen LogP contribution in [0.3, 0.4) is 0 Å². The smallest absolute Gasteiger partial charge is 0.244 e. The minimum absolute atomic E-state index is 0.0637. The zero-order chi connectivity index (χ0) is 22.9. The lowest BCUT2D eigenvalue weighted by Crippen LogP contribution is -2.19. The molecule has 0 radical (unpaired) electrons. The third-order valence-electron chi connectivity index (χ3n) is 4.91. The minimum Gasteiger partial charge on any atom is -0.337 e. The van der Waals surface area contributed by atoms with E-state index in [9.17, 15) is 22.0 Å². The number of amides is 1. The Balaban J connectivity index is 1.65. The van der Waals surface area contributed by atoms with Crippen molar-refractivity contribution in [3.63, 3.8) is 0 Å². The minimum atomic E-state index is -3.79. The van der Waals surface area contributed by atoms with Crippen molar-refractivity contribution in [2.24, 2.45) is 0 Å². The Labute approximate surface area is 188 Å². The van der Waals surface area contributed by atoms with Gasteiger partial charge in [-0.3, -0.25) is 4.79 Å². The molecule has 0 spiro atoms. The van der Waals surface area contributed by atoms with Crippen LogP contribution in [0.1, 0.15) is 5.56 Å². The molecule has 1 N–H and O–H groups in total. The topological polar surface area (TPSA) is 68.2 Å². The standard InChI is InChI=1S/C23H17ClF2N2O3S/c24-18-7-3-1-5-15(18)14-32(30,31)22-12-28(21-8-4-2-6-17(21)22)13-23(29)27-20-10-9-16(25)11-19(20)26/h1-12H,13-14H2,(H,27,29). The molecule has 1 amide bonds. The Hall–Kier alpha value is -3.23. The summed E-state index contributed by atoms with van der Waals surface area (Å²) in [5.41, 5.74) is 0.829. The van der Waals surface area contributed by atoms with Gasteiger partial charge < -0.3 is 9.88 Å². The van der Waals surface area contributed by atoms with Gasteiger partial charge in [-0.25, -0.2) is 17.2 Å². The highest BCUT2D eigenvalue weighted by Crippen LogP contribution is 2.29. The Morgan fingerprint density at radius 3 is 2.47 bits per heavy atom. The summed E-state index contributed by atoms with van der Waals surface area (Å²) in [5, 5.41) is 3.18. The molecule has 164 valence electrons. The van der Waals surface area contributed by atoms with E-state index >= 15 is 0 Å². The lowest BCUT2D eigenvalue weighted by atomic mass is 10.2. The van der Waals surface area contributed by atoms with Gasteiger partial charge in [0, 0.05) is 28.2 Å². The van der Waals surface area contributed by atoms with Crippen LogP contribution in [-0.4, -0.2) is 18.9 Å². The number of benzene rings is 3. The van der Waals surface area contributed by atoms with Crippen LogP contribution in [0.2, 0.25) is 5.02 Å². The number of rotatable bonds is 6. The molecule has 0 bridgehead atoms. The summed E-state index contributed by atoms with van der Waals surface area (Å²) in [4.78, 5) is 12.6. The van der Waals surface area contributed by atoms with E-state index < -0.39 is 27.4 Å². The first-order chi connectivity index (χ1) is 15.2. The maximum atomic E-state index is 13.9. The molecule has 5 nitrogen and oxygen atoms in total. The fraction of sp³-hybridized carbons (Fsp3) is 0.0870. The van der Waals surface area contributed by atoms with E-state index in [1.54, 1.807) is 48.5 Å². The lowest BCUT2D eigenvalue weighted by molar-refractivity contribution is -0.116. The van der Waals surface area contributed by atoms with Gasteiger partial charge >= 0.3 is 0 Å². The molecule has 0 aliphatic heterocycles. The van der Waals surface area contributed by atoms with Crippen LogP contribution < -0.4 is 5.32 Å². The van der Waals surface area contributed by atoms with Crippen molar-refractivity contribution < 1.29 is 22.0 Å². The number of carbonyl (C=O) groups is 1. The van der Waals surface area contributed by atoms with Crippen LogP contribution in [0.25, 0.3) is 10.9 Å². The summed E-state index contributed by atoms with van der Waals surface area (Å²) in [6.45, 7) is -0.265. The van der Waals surface area contributed by atoms with Crippen molar-refractivity contribution in [1.29, 1.82) is 0 Å². The maximum Gasteiger partial charge on any atom is 0.244 e. The molecule has 0 fully saturated rings. The number of para-hydroxylation sites is 1. The average Bonchev–Trinajstić information content (AvgIpc) is 3.11. The summed E-state index contributed by atoms with van der Waals surface area (Å²) in [6.07, 6.45) is 1.39. The van der Waals surface area contributed by atoms with Crippen LogP contribution in [0.4, 0.5) is 14.5 Å². The molecule has 3 aromatic carbocycles. The first-order valence-corrected chi connectivity index (χ1v) is 11.6. The number of fused-ring (bicyclic) bond motifs is 1.